The van der Waals surface area contributed by atoms with E-state index in [1.807, 2.05) is 6.92 Å². The molecule has 2 rings (SSSR count). The van der Waals surface area contributed by atoms with Crippen molar-refractivity contribution in [1.29, 1.82) is 0 Å². The third kappa shape index (κ3) is 3.50. The molecule has 0 saturated carbocycles. The molecule has 6 heteroatoms. The molecule has 0 amide bonds. The molecular formula is C14H24N4O2. The van der Waals surface area contributed by atoms with Gasteiger partial charge in [-0.25, -0.2) is 4.98 Å². The van der Waals surface area contributed by atoms with Gasteiger partial charge in [-0.1, -0.05) is 6.92 Å². The highest BCUT2D eigenvalue weighted by Gasteiger charge is 2.22. The average molecular weight is 280 g/mol. The lowest BCUT2D eigenvalue weighted by Crippen LogP contribution is -2.33. The van der Waals surface area contributed by atoms with Crippen LogP contribution >= 0.6 is 0 Å². The van der Waals surface area contributed by atoms with Gasteiger partial charge in [-0.2, -0.15) is 4.98 Å². The SMILES string of the molecule is CCCOc1ncnc(N(CC)CC2CCCO2)c1N. The van der Waals surface area contributed by atoms with Gasteiger partial charge in [0.25, 0.3) is 0 Å². The fraction of sp³-hybridized carbons (Fsp3) is 0.714. The summed E-state index contributed by atoms with van der Waals surface area (Å²) in [6, 6.07) is 0. The lowest BCUT2D eigenvalue weighted by Gasteiger charge is -2.26. The summed E-state index contributed by atoms with van der Waals surface area (Å²) in [5.74, 6) is 1.21. The molecule has 1 fully saturated rings. The normalized spacial score (nSPS) is 18.2. The molecule has 1 aliphatic rings. The van der Waals surface area contributed by atoms with Gasteiger partial charge in [-0.15, -0.1) is 0 Å². The minimum atomic E-state index is 0.268. The number of anilines is 2. The Morgan fingerprint density at radius 3 is 2.95 bits per heavy atom. The average Bonchev–Trinajstić information content (AvgIpc) is 2.97. The van der Waals surface area contributed by atoms with Crippen molar-refractivity contribution in [3.8, 4) is 5.88 Å². The van der Waals surface area contributed by atoms with Crippen molar-refractivity contribution in [2.24, 2.45) is 0 Å². The largest absolute Gasteiger partial charge is 0.476 e. The Morgan fingerprint density at radius 1 is 1.45 bits per heavy atom. The summed E-state index contributed by atoms with van der Waals surface area (Å²) in [5, 5.41) is 0. The molecule has 2 N–H and O–H groups in total. The fourth-order valence-corrected chi connectivity index (χ4v) is 2.34. The van der Waals surface area contributed by atoms with E-state index < -0.39 is 0 Å². The van der Waals surface area contributed by atoms with Crippen LogP contribution in [-0.2, 0) is 4.74 Å². The molecule has 1 atom stereocenters. The molecule has 1 aliphatic heterocycles. The highest BCUT2D eigenvalue weighted by Crippen LogP contribution is 2.28. The second-order valence-electron chi connectivity index (χ2n) is 4.94. The maximum atomic E-state index is 6.14. The Balaban J connectivity index is 2.11. The Morgan fingerprint density at radius 2 is 2.30 bits per heavy atom. The number of ether oxygens (including phenoxy) is 2. The van der Waals surface area contributed by atoms with Gasteiger partial charge in [-0.3, -0.25) is 0 Å². The summed E-state index contributed by atoms with van der Waals surface area (Å²) in [5.41, 5.74) is 6.66. The molecule has 0 radical (unpaired) electrons. The monoisotopic (exact) mass is 280 g/mol. The van der Waals surface area contributed by atoms with E-state index in [2.05, 4.69) is 21.8 Å². The highest BCUT2D eigenvalue weighted by molar-refractivity contribution is 5.67. The van der Waals surface area contributed by atoms with Gasteiger partial charge >= 0.3 is 0 Å². The fourth-order valence-electron chi connectivity index (χ4n) is 2.34. The first kappa shape index (κ1) is 14.8. The van der Waals surface area contributed by atoms with Gasteiger partial charge in [0.2, 0.25) is 5.88 Å². The van der Waals surface area contributed by atoms with Gasteiger partial charge in [0.05, 0.1) is 12.7 Å². The van der Waals surface area contributed by atoms with E-state index in [9.17, 15) is 0 Å². The second-order valence-corrected chi connectivity index (χ2v) is 4.94. The topological polar surface area (TPSA) is 73.5 Å². The Kier molecular flexibility index (Phi) is 5.40. The number of nitrogens with zero attached hydrogens (tertiary/aromatic N) is 3. The third-order valence-electron chi connectivity index (χ3n) is 3.40. The summed E-state index contributed by atoms with van der Waals surface area (Å²) >= 11 is 0. The van der Waals surface area contributed by atoms with Crippen molar-refractivity contribution in [1.82, 2.24) is 9.97 Å². The molecular weight excluding hydrogens is 256 g/mol. The van der Waals surface area contributed by atoms with Crippen molar-refractivity contribution in [3.05, 3.63) is 6.33 Å². The number of nitrogens with two attached hydrogens (primary N) is 1. The second kappa shape index (κ2) is 7.28. The minimum absolute atomic E-state index is 0.268. The lowest BCUT2D eigenvalue weighted by molar-refractivity contribution is 0.115. The van der Waals surface area contributed by atoms with Crippen LogP contribution in [0.25, 0.3) is 0 Å². The van der Waals surface area contributed by atoms with E-state index in [4.69, 9.17) is 15.2 Å². The molecule has 2 heterocycles. The molecule has 112 valence electrons. The summed E-state index contributed by atoms with van der Waals surface area (Å²) in [4.78, 5) is 10.6. The van der Waals surface area contributed by atoms with Crippen LogP contribution in [0, 0.1) is 0 Å². The van der Waals surface area contributed by atoms with Gasteiger partial charge in [0, 0.05) is 19.7 Å². The quantitative estimate of drug-likeness (QED) is 0.821. The third-order valence-corrected chi connectivity index (χ3v) is 3.40. The number of hydrogen-bond acceptors (Lipinski definition) is 6. The van der Waals surface area contributed by atoms with Crippen LogP contribution in [-0.4, -0.2) is 42.4 Å². The lowest BCUT2D eigenvalue weighted by atomic mass is 10.2. The zero-order valence-corrected chi connectivity index (χ0v) is 12.3. The molecule has 1 unspecified atom stereocenters. The molecule has 6 nitrogen and oxygen atoms in total. The van der Waals surface area contributed by atoms with Crippen molar-refractivity contribution in [2.75, 3.05) is 36.9 Å². The zero-order chi connectivity index (χ0) is 14.4. The molecule has 0 spiro atoms. The molecule has 0 bridgehead atoms. The van der Waals surface area contributed by atoms with Crippen molar-refractivity contribution >= 4 is 11.5 Å². The smallest absolute Gasteiger partial charge is 0.242 e. The van der Waals surface area contributed by atoms with Crippen molar-refractivity contribution in [3.63, 3.8) is 0 Å². The summed E-state index contributed by atoms with van der Waals surface area (Å²) in [6.45, 7) is 7.24. The molecule has 1 aromatic heterocycles. The van der Waals surface area contributed by atoms with Crippen LogP contribution in [0.3, 0.4) is 0 Å². The van der Waals surface area contributed by atoms with Crippen LogP contribution in [0.2, 0.25) is 0 Å². The van der Waals surface area contributed by atoms with Gasteiger partial charge in [0.1, 0.15) is 12.0 Å². The molecule has 0 aromatic carbocycles. The number of likely N-dealkylation sites (N-methyl/N-ethyl adjacent to an activating group) is 1. The summed E-state index contributed by atoms with van der Waals surface area (Å²) in [6.07, 6.45) is 4.93. The standard InChI is InChI=1S/C14H24N4O2/c1-3-7-20-14-12(15)13(16-10-17-14)18(4-2)9-11-6-5-8-19-11/h10-11H,3-9,15H2,1-2H3. The number of nitrogen functional groups attached to an aromatic ring is 1. The summed E-state index contributed by atoms with van der Waals surface area (Å²) < 4.78 is 11.2. The number of aromatic nitrogens is 2. The first-order chi connectivity index (χ1) is 9.76. The maximum absolute atomic E-state index is 6.14. The number of hydrogen-bond donors (Lipinski definition) is 1. The van der Waals surface area contributed by atoms with Crippen LogP contribution in [0.5, 0.6) is 5.88 Å². The van der Waals surface area contributed by atoms with Crippen LogP contribution in [0.15, 0.2) is 6.33 Å². The predicted octanol–water partition coefficient (Wildman–Crippen LogP) is 1.85. The number of rotatable bonds is 7. The predicted molar refractivity (Wildman–Crippen MR) is 79.1 cm³/mol. The van der Waals surface area contributed by atoms with Crippen LogP contribution < -0.4 is 15.4 Å². The minimum Gasteiger partial charge on any atom is -0.476 e. The van der Waals surface area contributed by atoms with E-state index >= 15 is 0 Å². The van der Waals surface area contributed by atoms with E-state index in [0.29, 0.717) is 18.2 Å². The first-order valence-electron chi connectivity index (χ1n) is 7.36. The van der Waals surface area contributed by atoms with E-state index in [1.54, 1.807) is 0 Å². The Hall–Kier alpha value is -1.56. The molecule has 0 aliphatic carbocycles. The van der Waals surface area contributed by atoms with E-state index in [0.717, 1.165) is 44.8 Å². The van der Waals surface area contributed by atoms with Gasteiger partial charge in [0.15, 0.2) is 5.82 Å². The van der Waals surface area contributed by atoms with Crippen LogP contribution in [0.4, 0.5) is 11.5 Å². The van der Waals surface area contributed by atoms with E-state index in [-0.39, 0.29) is 6.10 Å². The van der Waals surface area contributed by atoms with Crippen LogP contribution in [0.1, 0.15) is 33.1 Å². The molecule has 1 aromatic rings. The first-order valence-corrected chi connectivity index (χ1v) is 7.36. The van der Waals surface area contributed by atoms with E-state index in [1.165, 1.54) is 6.33 Å². The van der Waals surface area contributed by atoms with Crippen molar-refractivity contribution in [2.45, 2.75) is 39.2 Å². The Bertz CT molecular complexity index is 422. The maximum Gasteiger partial charge on any atom is 0.242 e. The molecule has 1 saturated heterocycles. The van der Waals surface area contributed by atoms with Gasteiger partial charge in [-0.05, 0) is 26.2 Å². The highest BCUT2D eigenvalue weighted by atomic mass is 16.5. The summed E-state index contributed by atoms with van der Waals surface area (Å²) in [7, 11) is 0. The zero-order valence-electron chi connectivity index (χ0n) is 12.3. The van der Waals surface area contributed by atoms with Crippen molar-refractivity contribution < 1.29 is 9.47 Å². The van der Waals surface area contributed by atoms with Gasteiger partial charge < -0.3 is 20.1 Å². The Labute approximate surface area is 120 Å². The molecule has 20 heavy (non-hydrogen) atoms.